The van der Waals surface area contributed by atoms with Crippen molar-refractivity contribution in [3.8, 4) is 5.75 Å². The van der Waals surface area contributed by atoms with E-state index in [0.29, 0.717) is 11.8 Å². The standard InChI is InChI=1S/C17H25NO3/c1-10(2)13-5-4-6-14(11(3)12-7-8-12)16(13)21-9-15(18)17(19)20/h4-6,10-12,15H,7-9,18H2,1-3H3,(H,19,20)/t11-,15?/m1/s1. The predicted octanol–water partition coefficient (Wildman–Crippen LogP) is 3.11. The third-order valence-corrected chi connectivity index (χ3v) is 4.24. The number of carboxylic acids is 1. The lowest BCUT2D eigenvalue weighted by molar-refractivity contribution is -0.139. The van der Waals surface area contributed by atoms with Gasteiger partial charge >= 0.3 is 5.97 Å². The number of rotatable bonds is 7. The van der Waals surface area contributed by atoms with E-state index in [1.165, 1.54) is 18.4 Å². The third-order valence-electron chi connectivity index (χ3n) is 4.24. The van der Waals surface area contributed by atoms with Gasteiger partial charge in [0.05, 0.1) is 0 Å². The molecule has 0 spiro atoms. The van der Waals surface area contributed by atoms with Crippen molar-refractivity contribution in [2.75, 3.05) is 6.61 Å². The van der Waals surface area contributed by atoms with Crippen molar-refractivity contribution in [3.63, 3.8) is 0 Å². The van der Waals surface area contributed by atoms with E-state index in [9.17, 15) is 4.79 Å². The molecule has 0 radical (unpaired) electrons. The van der Waals surface area contributed by atoms with Crippen molar-refractivity contribution >= 4 is 5.97 Å². The van der Waals surface area contributed by atoms with Gasteiger partial charge in [-0.3, -0.25) is 4.79 Å². The van der Waals surface area contributed by atoms with E-state index in [4.69, 9.17) is 15.6 Å². The molecule has 21 heavy (non-hydrogen) atoms. The summed E-state index contributed by atoms with van der Waals surface area (Å²) in [6.45, 7) is 6.46. The van der Waals surface area contributed by atoms with E-state index in [2.05, 4.69) is 39.0 Å². The maximum Gasteiger partial charge on any atom is 0.324 e. The summed E-state index contributed by atoms with van der Waals surface area (Å²) < 4.78 is 5.85. The van der Waals surface area contributed by atoms with Crippen LogP contribution in [0.15, 0.2) is 18.2 Å². The van der Waals surface area contributed by atoms with Gasteiger partial charge in [-0.1, -0.05) is 39.0 Å². The van der Waals surface area contributed by atoms with Gasteiger partial charge in [-0.05, 0) is 41.7 Å². The quantitative estimate of drug-likeness (QED) is 0.809. The van der Waals surface area contributed by atoms with Crippen molar-refractivity contribution in [3.05, 3.63) is 29.3 Å². The van der Waals surface area contributed by atoms with Crippen LogP contribution in [0.25, 0.3) is 0 Å². The van der Waals surface area contributed by atoms with Crippen LogP contribution in [0.1, 0.15) is 56.6 Å². The van der Waals surface area contributed by atoms with Crippen LogP contribution in [0.3, 0.4) is 0 Å². The fourth-order valence-electron chi connectivity index (χ4n) is 2.65. The molecule has 1 fully saturated rings. The number of ether oxygens (including phenoxy) is 1. The summed E-state index contributed by atoms with van der Waals surface area (Å²) in [5.41, 5.74) is 7.87. The molecule has 1 aliphatic carbocycles. The topological polar surface area (TPSA) is 72.5 Å². The zero-order chi connectivity index (χ0) is 15.6. The lowest BCUT2D eigenvalue weighted by Gasteiger charge is -2.22. The molecule has 0 amide bonds. The first-order valence-electron chi connectivity index (χ1n) is 7.65. The summed E-state index contributed by atoms with van der Waals surface area (Å²) in [7, 11) is 0. The van der Waals surface area contributed by atoms with Crippen LogP contribution in [0.2, 0.25) is 0 Å². The van der Waals surface area contributed by atoms with E-state index in [0.717, 1.165) is 17.2 Å². The second kappa shape index (κ2) is 6.48. The van der Waals surface area contributed by atoms with Gasteiger partial charge in [0.2, 0.25) is 0 Å². The Morgan fingerprint density at radius 2 is 1.95 bits per heavy atom. The van der Waals surface area contributed by atoms with Crippen LogP contribution in [0.5, 0.6) is 5.75 Å². The summed E-state index contributed by atoms with van der Waals surface area (Å²) in [5.74, 6) is 1.30. The van der Waals surface area contributed by atoms with Gasteiger partial charge in [0.25, 0.3) is 0 Å². The molecule has 0 heterocycles. The Labute approximate surface area is 126 Å². The molecule has 0 aliphatic heterocycles. The van der Waals surface area contributed by atoms with Crippen molar-refractivity contribution < 1.29 is 14.6 Å². The highest BCUT2D eigenvalue weighted by Crippen LogP contribution is 2.46. The molecule has 1 unspecified atom stereocenters. The van der Waals surface area contributed by atoms with E-state index in [-0.39, 0.29) is 6.61 Å². The predicted molar refractivity (Wildman–Crippen MR) is 82.8 cm³/mol. The van der Waals surface area contributed by atoms with E-state index in [1.807, 2.05) is 0 Å². The van der Waals surface area contributed by atoms with Gasteiger partial charge in [-0.15, -0.1) is 0 Å². The van der Waals surface area contributed by atoms with Gasteiger partial charge in [-0.25, -0.2) is 0 Å². The number of hydrogen-bond donors (Lipinski definition) is 2. The summed E-state index contributed by atoms with van der Waals surface area (Å²) in [6.07, 6.45) is 2.53. The summed E-state index contributed by atoms with van der Waals surface area (Å²) >= 11 is 0. The monoisotopic (exact) mass is 291 g/mol. The minimum Gasteiger partial charge on any atom is -0.491 e. The highest BCUT2D eigenvalue weighted by molar-refractivity contribution is 5.73. The number of carbonyl (C=O) groups is 1. The van der Waals surface area contributed by atoms with Crippen LogP contribution < -0.4 is 10.5 Å². The minimum atomic E-state index is -1.03. The third kappa shape index (κ3) is 3.76. The fourth-order valence-corrected chi connectivity index (χ4v) is 2.65. The Bertz CT molecular complexity index is 509. The smallest absolute Gasteiger partial charge is 0.324 e. The van der Waals surface area contributed by atoms with Crippen molar-refractivity contribution in [2.24, 2.45) is 11.7 Å². The Morgan fingerprint density at radius 3 is 2.48 bits per heavy atom. The first-order valence-corrected chi connectivity index (χ1v) is 7.65. The Morgan fingerprint density at radius 1 is 1.33 bits per heavy atom. The maximum absolute atomic E-state index is 10.9. The number of benzene rings is 1. The molecule has 0 bridgehead atoms. The molecule has 116 valence electrons. The second-order valence-corrected chi connectivity index (χ2v) is 6.30. The van der Waals surface area contributed by atoms with Crippen molar-refractivity contribution in [1.82, 2.24) is 0 Å². The lowest BCUT2D eigenvalue weighted by atomic mass is 9.90. The Hall–Kier alpha value is -1.55. The molecule has 1 aromatic rings. The molecule has 2 atom stereocenters. The van der Waals surface area contributed by atoms with E-state index < -0.39 is 12.0 Å². The molecular formula is C17H25NO3. The number of aliphatic carboxylic acids is 1. The normalized spacial score (nSPS) is 17.6. The molecule has 2 rings (SSSR count). The van der Waals surface area contributed by atoms with Crippen molar-refractivity contribution in [1.29, 1.82) is 0 Å². The molecule has 1 aliphatic rings. The van der Waals surface area contributed by atoms with Gasteiger partial charge in [0, 0.05) is 0 Å². The number of nitrogens with two attached hydrogens (primary N) is 1. The van der Waals surface area contributed by atoms with Crippen LogP contribution >= 0.6 is 0 Å². The van der Waals surface area contributed by atoms with E-state index >= 15 is 0 Å². The van der Waals surface area contributed by atoms with Crippen LogP contribution in [-0.4, -0.2) is 23.7 Å². The van der Waals surface area contributed by atoms with Gasteiger partial charge in [0.15, 0.2) is 0 Å². The highest BCUT2D eigenvalue weighted by atomic mass is 16.5. The molecule has 3 N–H and O–H groups in total. The van der Waals surface area contributed by atoms with Gasteiger partial charge in [-0.2, -0.15) is 0 Å². The molecule has 0 saturated heterocycles. The molecule has 4 heteroatoms. The highest BCUT2D eigenvalue weighted by Gasteiger charge is 2.31. The average molecular weight is 291 g/mol. The first-order chi connectivity index (χ1) is 9.91. The second-order valence-electron chi connectivity index (χ2n) is 6.30. The zero-order valence-corrected chi connectivity index (χ0v) is 13.0. The van der Waals surface area contributed by atoms with Gasteiger partial charge < -0.3 is 15.6 Å². The first kappa shape index (κ1) is 15.8. The summed E-state index contributed by atoms with van der Waals surface area (Å²) in [5, 5.41) is 8.91. The van der Waals surface area contributed by atoms with Crippen LogP contribution in [0.4, 0.5) is 0 Å². The molecule has 0 aromatic heterocycles. The minimum absolute atomic E-state index is 0.00343. The zero-order valence-electron chi connectivity index (χ0n) is 13.0. The van der Waals surface area contributed by atoms with Crippen LogP contribution in [-0.2, 0) is 4.79 Å². The largest absolute Gasteiger partial charge is 0.491 e. The maximum atomic E-state index is 10.9. The molecule has 4 nitrogen and oxygen atoms in total. The van der Waals surface area contributed by atoms with Gasteiger partial charge in [0.1, 0.15) is 18.4 Å². The number of carboxylic acid groups (broad SMARTS) is 1. The Kier molecular flexibility index (Phi) is 4.88. The molecular weight excluding hydrogens is 266 g/mol. The Balaban J connectivity index is 2.27. The van der Waals surface area contributed by atoms with Crippen LogP contribution in [0, 0.1) is 5.92 Å². The average Bonchev–Trinajstić information content (AvgIpc) is 3.27. The number of para-hydroxylation sites is 1. The SMILES string of the molecule is CC(C)c1cccc([C@H](C)C2CC2)c1OCC(N)C(=O)O. The van der Waals surface area contributed by atoms with E-state index in [1.54, 1.807) is 0 Å². The summed E-state index contributed by atoms with van der Waals surface area (Å²) in [6, 6.07) is 5.22. The molecule has 1 aromatic carbocycles. The number of hydrogen-bond acceptors (Lipinski definition) is 3. The lowest BCUT2D eigenvalue weighted by Crippen LogP contribution is -2.36. The fraction of sp³-hybridized carbons (Fsp3) is 0.588. The summed E-state index contributed by atoms with van der Waals surface area (Å²) in [4.78, 5) is 10.9. The molecule has 1 saturated carbocycles. The van der Waals surface area contributed by atoms with Crippen molar-refractivity contribution in [2.45, 2.75) is 51.5 Å².